The minimum atomic E-state index is -0.0435. The molecule has 1 aliphatic carbocycles. The van der Waals surface area contributed by atoms with Crippen LogP contribution in [0.1, 0.15) is 37.1 Å². The standard InChI is InChI=1S/C17H23N5O/c1-14-4-6-15(7-5-14)22-16(18-19-20-22)17(8-2-3-9-17)21-10-12-23-13-11-21/h4-7H,2-3,8-13H2,1H3. The van der Waals surface area contributed by atoms with Crippen molar-refractivity contribution < 1.29 is 4.74 Å². The zero-order valence-corrected chi connectivity index (χ0v) is 13.6. The molecule has 4 rings (SSSR count). The number of morpholine rings is 1. The molecule has 1 saturated heterocycles. The zero-order chi connectivity index (χ0) is 15.7. The first kappa shape index (κ1) is 14.8. The van der Waals surface area contributed by atoms with Crippen molar-refractivity contribution in [2.24, 2.45) is 0 Å². The van der Waals surface area contributed by atoms with E-state index < -0.39 is 0 Å². The van der Waals surface area contributed by atoms with Gasteiger partial charge in [-0.15, -0.1) is 5.10 Å². The van der Waals surface area contributed by atoms with Gasteiger partial charge >= 0.3 is 0 Å². The first-order valence-electron chi connectivity index (χ1n) is 8.48. The third-order valence-electron chi connectivity index (χ3n) is 5.21. The molecule has 0 amide bonds. The van der Waals surface area contributed by atoms with Crippen LogP contribution in [0.15, 0.2) is 24.3 Å². The van der Waals surface area contributed by atoms with Crippen molar-refractivity contribution in [2.45, 2.75) is 38.1 Å². The number of benzene rings is 1. The molecular weight excluding hydrogens is 290 g/mol. The lowest BCUT2D eigenvalue weighted by atomic mass is 9.93. The van der Waals surface area contributed by atoms with Crippen molar-refractivity contribution in [3.05, 3.63) is 35.7 Å². The van der Waals surface area contributed by atoms with Gasteiger partial charge in [-0.25, -0.2) is 0 Å². The monoisotopic (exact) mass is 313 g/mol. The quantitative estimate of drug-likeness (QED) is 0.868. The van der Waals surface area contributed by atoms with Crippen LogP contribution in [0.4, 0.5) is 0 Å². The molecule has 2 heterocycles. The first-order chi connectivity index (χ1) is 11.3. The lowest BCUT2D eigenvalue weighted by Gasteiger charge is -2.42. The van der Waals surface area contributed by atoms with Gasteiger partial charge in [0.1, 0.15) is 0 Å². The second-order valence-corrected chi connectivity index (χ2v) is 6.59. The van der Waals surface area contributed by atoms with Gasteiger partial charge in [-0.3, -0.25) is 4.90 Å². The summed E-state index contributed by atoms with van der Waals surface area (Å²) in [5.74, 6) is 0.987. The minimum Gasteiger partial charge on any atom is -0.379 e. The summed E-state index contributed by atoms with van der Waals surface area (Å²) in [4.78, 5) is 2.54. The van der Waals surface area contributed by atoms with Crippen LogP contribution < -0.4 is 0 Å². The van der Waals surface area contributed by atoms with Crippen LogP contribution in [0.3, 0.4) is 0 Å². The van der Waals surface area contributed by atoms with Crippen LogP contribution in [-0.4, -0.2) is 51.4 Å². The van der Waals surface area contributed by atoms with Crippen molar-refractivity contribution in [3.63, 3.8) is 0 Å². The molecule has 6 heteroatoms. The molecule has 0 unspecified atom stereocenters. The Morgan fingerprint density at radius 3 is 2.43 bits per heavy atom. The number of aromatic nitrogens is 4. The van der Waals surface area contributed by atoms with E-state index >= 15 is 0 Å². The van der Waals surface area contributed by atoms with E-state index in [1.165, 1.54) is 18.4 Å². The van der Waals surface area contributed by atoms with Gasteiger partial charge in [-0.1, -0.05) is 30.5 Å². The van der Waals surface area contributed by atoms with Gasteiger partial charge in [-0.05, 0) is 42.3 Å². The van der Waals surface area contributed by atoms with E-state index in [1.807, 2.05) is 4.68 Å². The lowest BCUT2D eigenvalue weighted by Crippen LogP contribution is -2.51. The molecule has 0 N–H and O–H groups in total. The Bertz CT molecular complexity index is 654. The van der Waals surface area contributed by atoms with Crippen molar-refractivity contribution in [2.75, 3.05) is 26.3 Å². The molecule has 6 nitrogen and oxygen atoms in total. The van der Waals surface area contributed by atoms with Gasteiger partial charge in [0.2, 0.25) is 0 Å². The predicted molar refractivity (Wildman–Crippen MR) is 86.4 cm³/mol. The highest BCUT2D eigenvalue weighted by Gasteiger charge is 2.45. The van der Waals surface area contributed by atoms with E-state index in [9.17, 15) is 0 Å². The Morgan fingerprint density at radius 1 is 1.04 bits per heavy atom. The molecule has 0 bridgehead atoms. The van der Waals surface area contributed by atoms with E-state index in [2.05, 4.69) is 51.6 Å². The largest absolute Gasteiger partial charge is 0.379 e. The number of hydrogen-bond acceptors (Lipinski definition) is 5. The Labute approximate surface area is 136 Å². The van der Waals surface area contributed by atoms with Crippen molar-refractivity contribution >= 4 is 0 Å². The van der Waals surface area contributed by atoms with Crippen LogP contribution >= 0.6 is 0 Å². The van der Waals surface area contributed by atoms with E-state index in [-0.39, 0.29) is 5.54 Å². The zero-order valence-electron chi connectivity index (χ0n) is 13.6. The molecule has 122 valence electrons. The molecule has 2 fully saturated rings. The smallest absolute Gasteiger partial charge is 0.176 e. The van der Waals surface area contributed by atoms with Gasteiger partial charge in [0.15, 0.2) is 5.82 Å². The maximum absolute atomic E-state index is 5.55. The molecule has 1 saturated carbocycles. The highest BCUT2D eigenvalue weighted by atomic mass is 16.5. The van der Waals surface area contributed by atoms with Crippen LogP contribution in [0.5, 0.6) is 0 Å². The average molecular weight is 313 g/mol. The Kier molecular flexibility index (Phi) is 3.87. The normalized spacial score (nSPS) is 21.6. The Balaban J connectivity index is 1.75. The van der Waals surface area contributed by atoms with Gasteiger partial charge in [0.25, 0.3) is 0 Å². The summed E-state index contributed by atoms with van der Waals surface area (Å²) in [6, 6.07) is 8.40. The second-order valence-electron chi connectivity index (χ2n) is 6.59. The van der Waals surface area contributed by atoms with E-state index in [0.29, 0.717) is 0 Å². The van der Waals surface area contributed by atoms with Gasteiger partial charge < -0.3 is 4.74 Å². The van der Waals surface area contributed by atoms with Gasteiger partial charge in [0.05, 0.1) is 24.4 Å². The summed E-state index contributed by atoms with van der Waals surface area (Å²) in [6.07, 6.45) is 4.72. The molecule has 1 aliphatic heterocycles. The second kappa shape index (κ2) is 6.02. The fraction of sp³-hybridized carbons (Fsp3) is 0.588. The topological polar surface area (TPSA) is 56.1 Å². The van der Waals surface area contributed by atoms with E-state index in [1.54, 1.807) is 0 Å². The first-order valence-corrected chi connectivity index (χ1v) is 8.48. The van der Waals surface area contributed by atoms with E-state index in [0.717, 1.165) is 50.7 Å². The van der Waals surface area contributed by atoms with Crippen molar-refractivity contribution in [1.82, 2.24) is 25.1 Å². The summed E-state index contributed by atoms with van der Waals surface area (Å²) < 4.78 is 7.48. The molecule has 1 aromatic heterocycles. The SMILES string of the molecule is Cc1ccc(-n2nnnc2C2(N3CCOCC3)CCCC2)cc1. The Morgan fingerprint density at radius 2 is 1.74 bits per heavy atom. The van der Waals surface area contributed by atoms with Crippen molar-refractivity contribution in [3.8, 4) is 5.69 Å². The van der Waals surface area contributed by atoms with E-state index in [4.69, 9.17) is 4.74 Å². The summed E-state index contributed by atoms with van der Waals surface area (Å²) in [7, 11) is 0. The Hall–Kier alpha value is -1.79. The third-order valence-corrected chi connectivity index (χ3v) is 5.21. The van der Waals surface area contributed by atoms with Crippen LogP contribution in [-0.2, 0) is 10.3 Å². The highest BCUT2D eigenvalue weighted by molar-refractivity contribution is 5.35. The molecular formula is C17H23N5O. The number of tetrazole rings is 1. The number of aryl methyl sites for hydroxylation is 1. The maximum Gasteiger partial charge on any atom is 0.176 e. The fourth-order valence-electron chi connectivity index (χ4n) is 3.97. The molecule has 1 aromatic carbocycles. The number of rotatable bonds is 3. The molecule has 0 spiro atoms. The molecule has 2 aliphatic rings. The average Bonchev–Trinajstić information content (AvgIpc) is 3.26. The van der Waals surface area contributed by atoms with Gasteiger partial charge in [-0.2, -0.15) is 4.68 Å². The molecule has 23 heavy (non-hydrogen) atoms. The summed E-state index contributed by atoms with van der Waals surface area (Å²) >= 11 is 0. The van der Waals surface area contributed by atoms with Crippen LogP contribution in [0.25, 0.3) is 5.69 Å². The number of ether oxygens (including phenoxy) is 1. The third kappa shape index (κ3) is 2.56. The van der Waals surface area contributed by atoms with Crippen LogP contribution in [0, 0.1) is 6.92 Å². The number of nitrogens with zero attached hydrogens (tertiary/aromatic N) is 5. The van der Waals surface area contributed by atoms with Crippen molar-refractivity contribution in [1.29, 1.82) is 0 Å². The van der Waals surface area contributed by atoms with Crippen LogP contribution in [0.2, 0.25) is 0 Å². The lowest BCUT2D eigenvalue weighted by molar-refractivity contribution is -0.0273. The maximum atomic E-state index is 5.55. The molecule has 0 radical (unpaired) electrons. The number of hydrogen-bond donors (Lipinski definition) is 0. The summed E-state index contributed by atoms with van der Waals surface area (Å²) in [5, 5.41) is 12.8. The predicted octanol–water partition coefficient (Wildman–Crippen LogP) is 2.07. The molecule has 2 aromatic rings. The highest BCUT2D eigenvalue weighted by Crippen LogP contribution is 2.43. The fourth-order valence-corrected chi connectivity index (χ4v) is 3.97. The summed E-state index contributed by atoms with van der Waals surface area (Å²) in [5.41, 5.74) is 2.24. The summed E-state index contributed by atoms with van der Waals surface area (Å²) in [6.45, 7) is 5.61. The molecule has 0 atom stereocenters. The minimum absolute atomic E-state index is 0.0435. The van der Waals surface area contributed by atoms with Gasteiger partial charge in [0, 0.05) is 13.1 Å².